The average molecular weight is 287 g/mol. The van der Waals surface area contributed by atoms with Crippen LogP contribution in [0.4, 0.5) is 5.13 Å². The molecule has 2 aromatic rings. The predicted molar refractivity (Wildman–Crippen MR) is 69.4 cm³/mol. The van der Waals surface area contributed by atoms with Gasteiger partial charge in [0.15, 0.2) is 10.9 Å². The highest BCUT2D eigenvalue weighted by Gasteiger charge is 2.12. The highest BCUT2D eigenvalue weighted by molar-refractivity contribution is 7.19. The van der Waals surface area contributed by atoms with Crippen LogP contribution in [-0.2, 0) is 0 Å². The fourth-order valence-corrected chi connectivity index (χ4v) is 2.73. The Hall–Kier alpha value is -1.24. The number of nitrogens with zero attached hydrogens (tertiary/aromatic N) is 1. The second-order valence-electron chi connectivity index (χ2n) is 3.14. The fraction of sp³-hybridized carbons (Fsp3) is 0.100. The van der Waals surface area contributed by atoms with Gasteiger partial charge in [-0.2, -0.15) is 0 Å². The van der Waals surface area contributed by atoms with Crippen molar-refractivity contribution >= 4 is 51.1 Å². The summed E-state index contributed by atoms with van der Waals surface area (Å²) in [7, 11) is 0. The minimum atomic E-state index is -0.272. The molecule has 1 amide bonds. The van der Waals surface area contributed by atoms with Crippen LogP contribution in [0.2, 0.25) is 4.34 Å². The van der Waals surface area contributed by atoms with E-state index in [1.54, 1.807) is 12.1 Å². The molecule has 0 atom stereocenters. The molecule has 0 spiro atoms. The fourth-order valence-electron chi connectivity index (χ4n) is 1.09. The van der Waals surface area contributed by atoms with E-state index >= 15 is 0 Å². The zero-order chi connectivity index (χ0) is 12.4. The average Bonchev–Trinajstić information content (AvgIpc) is 2.86. The van der Waals surface area contributed by atoms with Crippen LogP contribution in [0.25, 0.3) is 0 Å². The van der Waals surface area contributed by atoms with Crippen molar-refractivity contribution in [2.45, 2.75) is 6.92 Å². The van der Waals surface area contributed by atoms with Gasteiger partial charge in [0.05, 0.1) is 20.3 Å². The molecule has 0 aliphatic rings. The van der Waals surface area contributed by atoms with Crippen molar-refractivity contribution in [3.63, 3.8) is 0 Å². The van der Waals surface area contributed by atoms with E-state index in [9.17, 15) is 9.59 Å². The number of halogens is 1. The maximum absolute atomic E-state index is 11.7. The van der Waals surface area contributed by atoms with Gasteiger partial charge in [-0.05, 0) is 12.1 Å². The van der Waals surface area contributed by atoms with Gasteiger partial charge in [0.1, 0.15) is 0 Å². The normalized spacial score (nSPS) is 10.2. The second-order valence-corrected chi connectivity index (χ2v) is 5.89. The van der Waals surface area contributed by atoms with Crippen LogP contribution in [0, 0.1) is 0 Å². The lowest BCUT2D eigenvalue weighted by molar-refractivity contribution is 0.101. The molecule has 2 heterocycles. The molecular formula is C10H7ClN2O2S2. The van der Waals surface area contributed by atoms with Crippen molar-refractivity contribution in [3.8, 4) is 0 Å². The molecular weight excluding hydrogens is 280 g/mol. The number of hydrogen-bond donors (Lipinski definition) is 1. The van der Waals surface area contributed by atoms with Gasteiger partial charge in [-0.1, -0.05) is 22.9 Å². The van der Waals surface area contributed by atoms with Gasteiger partial charge in [0.2, 0.25) is 0 Å². The Bertz CT molecular complexity index is 576. The quantitative estimate of drug-likeness (QED) is 0.881. The summed E-state index contributed by atoms with van der Waals surface area (Å²) in [4.78, 5) is 27.8. The molecule has 0 aliphatic heterocycles. The first-order chi connectivity index (χ1) is 8.06. The van der Waals surface area contributed by atoms with Crippen molar-refractivity contribution in [3.05, 3.63) is 32.4 Å². The lowest BCUT2D eigenvalue weighted by Crippen LogP contribution is -2.09. The Kier molecular flexibility index (Phi) is 3.56. The van der Waals surface area contributed by atoms with Crippen molar-refractivity contribution in [2.24, 2.45) is 0 Å². The number of thiophene rings is 1. The molecule has 0 saturated carbocycles. The standard InChI is InChI=1S/C10H7ClN2O2S2/c1-5(14)7-4-12-10(17-7)13-9(15)6-2-3-8(11)16-6/h2-4H,1H3,(H,12,13,15). The highest BCUT2D eigenvalue weighted by Crippen LogP contribution is 2.24. The molecule has 0 bridgehead atoms. The lowest BCUT2D eigenvalue weighted by Gasteiger charge is -1.97. The summed E-state index contributed by atoms with van der Waals surface area (Å²) in [5.41, 5.74) is 0. The SMILES string of the molecule is CC(=O)c1cnc(NC(=O)c2ccc(Cl)s2)s1. The van der Waals surface area contributed by atoms with Crippen LogP contribution in [-0.4, -0.2) is 16.7 Å². The Balaban J connectivity index is 2.10. The molecule has 2 aromatic heterocycles. The number of thiazole rings is 1. The Labute approximate surface area is 110 Å². The van der Waals surface area contributed by atoms with Crippen molar-refractivity contribution < 1.29 is 9.59 Å². The van der Waals surface area contributed by atoms with E-state index in [4.69, 9.17) is 11.6 Å². The van der Waals surface area contributed by atoms with Gasteiger partial charge in [-0.25, -0.2) is 4.98 Å². The van der Waals surface area contributed by atoms with Crippen LogP contribution < -0.4 is 5.32 Å². The zero-order valence-corrected chi connectivity index (χ0v) is 11.1. The van der Waals surface area contributed by atoms with Gasteiger partial charge in [-0.3, -0.25) is 14.9 Å². The number of anilines is 1. The zero-order valence-electron chi connectivity index (χ0n) is 8.69. The molecule has 17 heavy (non-hydrogen) atoms. The third kappa shape index (κ3) is 2.91. The summed E-state index contributed by atoms with van der Waals surface area (Å²) in [6, 6.07) is 3.30. The van der Waals surface area contributed by atoms with E-state index < -0.39 is 0 Å². The first-order valence-corrected chi connectivity index (χ1v) is 6.61. The molecule has 7 heteroatoms. The van der Waals surface area contributed by atoms with Gasteiger partial charge >= 0.3 is 0 Å². The van der Waals surface area contributed by atoms with Crippen molar-refractivity contribution in [1.29, 1.82) is 0 Å². The van der Waals surface area contributed by atoms with Crippen LogP contribution in [0.15, 0.2) is 18.3 Å². The van der Waals surface area contributed by atoms with Gasteiger partial charge in [0, 0.05) is 6.92 Å². The summed E-state index contributed by atoms with van der Waals surface area (Å²) < 4.78 is 0.554. The van der Waals surface area contributed by atoms with E-state index in [0.717, 1.165) is 11.3 Å². The van der Waals surface area contributed by atoms with E-state index in [1.165, 1.54) is 24.5 Å². The first kappa shape index (κ1) is 12.2. The lowest BCUT2D eigenvalue weighted by atomic mass is 10.4. The number of amides is 1. The minimum Gasteiger partial charge on any atom is -0.297 e. The molecule has 0 aromatic carbocycles. The molecule has 4 nitrogen and oxygen atoms in total. The Morgan fingerprint density at radius 1 is 1.29 bits per heavy atom. The number of ketones is 1. The number of carbonyl (C=O) groups excluding carboxylic acids is 2. The third-order valence-corrected chi connectivity index (χ3v) is 4.11. The maximum atomic E-state index is 11.7. The minimum absolute atomic E-state index is 0.0674. The largest absolute Gasteiger partial charge is 0.297 e. The predicted octanol–water partition coefficient (Wildman–Crippen LogP) is 3.31. The number of Topliss-reactive ketones (excluding diaryl/α,β-unsaturated/α-hetero) is 1. The monoisotopic (exact) mass is 286 g/mol. The van der Waals surface area contributed by atoms with Crippen molar-refractivity contribution in [2.75, 3.05) is 5.32 Å². The number of rotatable bonds is 3. The van der Waals surface area contributed by atoms with Crippen LogP contribution in [0.1, 0.15) is 26.3 Å². The number of carbonyl (C=O) groups is 2. The number of hydrogen-bond acceptors (Lipinski definition) is 5. The molecule has 0 saturated heterocycles. The number of aromatic nitrogens is 1. The van der Waals surface area contributed by atoms with Crippen LogP contribution >= 0.6 is 34.3 Å². The van der Waals surface area contributed by atoms with E-state index in [1.807, 2.05) is 0 Å². The Morgan fingerprint density at radius 2 is 2.06 bits per heavy atom. The molecule has 0 radical (unpaired) electrons. The van der Waals surface area contributed by atoms with E-state index in [-0.39, 0.29) is 11.7 Å². The summed E-state index contributed by atoms with van der Waals surface area (Å²) in [6.07, 6.45) is 1.45. The molecule has 0 fully saturated rings. The third-order valence-electron chi connectivity index (χ3n) is 1.87. The highest BCUT2D eigenvalue weighted by atomic mass is 35.5. The molecule has 1 N–H and O–H groups in total. The van der Waals surface area contributed by atoms with Gasteiger partial charge in [-0.15, -0.1) is 11.3 Å². The van der Waals surface area contributed by atoms with Gasteiger partial charge < -0.3 is 0 Å². The van der Waals surface area contributed by atoms with Crippen molar-refractivity contribution in [1.82, 2.24) is 4.98 Å². The first-order valence-electron chi connectivity index (χ1n) is 4.59. The maximum Gasteiger partial charge on any atom is 0.267 e. The summed E-state index contributed by atoms with van der Waals surface area (Å²) in [5.74, 6) is -0.339. The second kappa shape index (κ2) is 4.95. The molecule has 2 rings (SSSR count). The summed E-state index contributed by atoms with van der Waals surface area (Å²) >= 11 is 8.08. The van der Waals surface area contributed by atoms with Crippen LogP contribution in [0.3, 0.4) is 0 Å². The number of nitrogens with one attached hydrogen (secondary N) is 1. The van der Waals surface area contributed by atoms with Crippen LogP contribution in [0.5, 0.6) is 0 Å². The smallest absolute Gasteiger partial charge is 0.267 e. The summed E-state index contributed by atoms with van der Waals surface area (Å²) in [5, 5.41) is 3.02. The topological polar surface area (TPSA) is 59.1 Å². The Morgan fingerprint density at radius 3 is 2.59 bits per heavy atom. The summed E-state index contributed by atoms with van der Waals surface area (Å²) in [6.45, 7) is 1.46. The molecule has 88 valence electrons. The van der Waals surface area contributed by atoms with Gasteiger partial charge in [0.25, 0.3) is 5.91 Å². The van der Waals surface area contributed by atoms with E-state index in [0.29, 0.717) is 19.2 Å². The molecule has 0 aliphatic carbocycles. The molecule has 0 unspecified atom stereocenters. The van der Waals surface area contributed by atoms with E-state index in [2.05, 4.69) is 10.3 Å².